The zero-order valence-electron chi connectivity index (χ0n) is 19.0. The number of alkyl halides is 3. The SMILES string of the molecule is CCCCN(CCCC)CC(O)c1cc(-c2ccc(Cl)cc2)nc2cc(C(F)(F)F)ccc12. The number of aliphatic hydroxyl groups is 1. The fourth-order valence-corrected chi connectivity index (χ4v) is 4.00. The van der Waals surface area contributed by atoms with Crippen LogP contribution in [0.15, 0.2) is 48.5 Å². The van der Waals surface area contributed by atoms with E-state index in [1.165, 1.54) is 6.07 Å². The number of pyridine rings is 1. The van der Waals surface area contributed by atoms with E-state index in [9.17, 15) is 18.3 Å². The van der Waals surface area contributed by atoms with Crippen molar-refractivity contribution in [2.24, 2.45) is 0 Å². The van der Waals surface area contributed by atoms with Gasteiger partial charge < -0.3 is 10.0 Å². The van der Waals surface area contributed by atoms with Crippen LogP contribution >= 0.6 is 11.6 Å². The lowest BCUT2D eigenvalue weighted by molar-refractivity contribution is -0.137. The quantitative estimate of drug-likeness (QED) is 0.327. The van der Waals surface area contributed by atoms with Crippen molar-refractivity contribution in [2.45, 2.75) is 51.8 Å². The summed E-state index contributed by atoms with van der Waals surface area (Å²) >= 11 is 6.00. The van der Waals surface area contributed by atoms with Gasteiger partial charge in [0.15, 0.2) is 0 Å². The van der Waals surface area contributed by atoms with Crippen molar-refractivity contribution in [3.8, 4) is 11.3 Å². The van der Waals surface area contributed by atoms with Gasteiger partial charge in [0.2, 0.25) is 0 Å². The van der Waals surface area contributed by atoms with Crippen molar-refractivity contribution in [1.82, 2.24) is 9.88 Å². The maximum atomic E-state index is 13.4. The van der Waals surface area contributed by atoms with Gasteiger partial charge in [0.1, 0.15) is 0 Å². The van der Waals surface area contributed by atoms with Crippen molar-refractivity contribution in [3.63, 3.8) is 0 Å². The van der Waals surface area contributed by atoms with Gasteiger partial charge in [-0.1, -0.05) is 56.5 Å². The van der Waals surface area contributed by atoms with E-state index in [1.807, 2.05) is 0 Å². The van der Waals surface area contributed by atoms with Gasteiger partial charge in [-0.2, -0.15) is 13.2 Å². The Hall–Kier alpha value is -2.15. The zero-order valence-corrected chi connectivity index (χ0v) is 19.8. The number of aliphatic hydroxyl groups excluding tert-OH is 1. The minimum Gasteiger partial charge on any atom is -0.387 e. The summed E-state index contributed by atoms with van der Waals surface area (Å²) in [6.07, 6.45) is -1.17. The minimum atomic E-state index is -4.47. The molecule has 33 heavy (non-hydrogen) atoms. The summed E-state index contributed by atoms with van der Waals surface area (Å²) in [5.74, 6) is 0. The molecule has 1 N–H and O–H groups in total. The van der Waals surface area contributed by atoms with E-state index in [2.05, 4.69) is 23.7 Å². The van der Waals surface area contributed by atoms with E-state index < -0.39 is 17.8 Å². The smallest absolute Gasteiger partial charge is 0.387 e. The molecule has 3 aromatic rings. The molecule has 3 nitrogen and oxygen atoms in total. The van der Waals surface area contributed by atoms with Gasteiger partial charge in [-0.15, -0.1) is 0 Å². The van der Waals surface area contributed by atoms with Crippen LogP contribution in [0.25, 0.3) is 22.2 Å². The predicted molar refractivity (Wildman–Crippen MR) is 128 cm³/mol. The summed E-state index contributed by atoms with van der Waals surface area (Å²) in [7, 11) is 0. The molecule has 0 radical (unpaired) electrons. The summed E-state index contributed by atoms with van der Waals surface area (Å²) in [6.45, 7) is 6.42. The highest BCUT2D eigenvalue weighted by atomic mass is 35.5. The standard InChI is InChI=1S/C26H30ClF3N2O/c1-3-5-13-32(14-6-4-2)17-25(33)22-16-23(18-7-10-20(27)11-8-18)31-24-15-19(26(28,29)30)9-12-21(22)24/h7-12,15-16,25,33H,3-6,13-14,17H2,1-2H3. The van der Waals surface area contributed by atoms with E-state index in [1.54, 1.807) is 30.3 Å². The Morgan fingerprint density at radius 1 is 0.970 bits per heavy atom. The number of benzene rings is 2. The van der Waals surface area contributed by atoms with E-state index in [0.717, 1.165) is 56.5 Å². The number of fused-ring (bicyclic) bond motifs is 1. The number of rotatable bonds is 10. The van der Waals surface area contributed by atoms with Crippen molar-refractivity contribution in [1.29, 1.82) is 0 Å². The molecular formula is C26H30ClF3N2O. The molecular weight excluding hydrogens is 449 g/mol. The number of hydrogen-bond donors (Lipinski definition) is 1. The van der Waals surface area contributed by atoms with Gasteiger partial charge in [0.05, 0.1) is 22.9 Å². The molecule has 0 bridgehead atoms. The van der Waals surface area contributed by atoms with E-state index in [-0.39, 0.29) is 5.52 Å². The highest BCUT2D eigenvalue weighted by Gasteiger charge is 2.31. The Morgan fingerprint density at radius 2 is 1.61 bits per heavy atom. The van der Waals surface area contributed by atoms with Gasteiger partial charge in [-0.05, 0) is 61.8 Å². The molecule has 1 heterocycles. The summed E-state index contributed by atoms with van der Waals surface area (Å²) in [4.78, 5) is 6.74. The van der Waals surface area contributed by atoms with Gasteiger partial charge in [0.25, 0.3) is 0 Å². The lowest BCUT2D eigenvalue weighted by Crippen LogP contribution is -2.31. The average molecular weight is 479 g/mol. The average Bonchev–Trinajstić information content (AvgIpc) is 2.79. The largest absolute Gasteiger partial charge is 0.416 e. The Labute approximate surface area is 198 Å². The first-order valence-corrected chi connectivity index (χ1v) is 11.8. The highest BCUT2D eigenvalue weighted by Crippen LogP contribution is 2.35. The molecule has 3 rings (SSSR count). The number of aromatic nitrogens is 1. The van der Waals surface area contributed by atoms with Crippen molar-refractivity contribution >= 4 is 22.5 Å². The van der Waals surface area contributed by atoms with Gasteiger partial charge >= 0.3 is 6.18 Å². The first-order chi connectivity index (χ1) is 15.7. The monoisotopic (exact) mass is 478 g/mol. The first kappa shape index (κ1) is 25.5. The number of hydrogen-bond acceptors (Lipinski definition) is 3. The van der Waals surface area contributed by atoms with Gasteiger partial charge in [0, 0.05) is 22.5 Å². The Morgan fingerprint density at radius 3 is 2.18 bits per heavy atom. The second-order valence-electron chi connectivity index (χ2n) is 8.36. The van der Waals surface area contributed by atoms with Crippen LogP contribution < -0.4 is 0 Å². The molecule has 0 saturated heterocycles. The summed E-state index contributed by atoms with van der Waals surface area (Å²) in [5, 5.41) is 12.3. The molecule has 2 aromatic carbocycles. The molecule has 0 aliphatic carbocycles. The molecule has 1 aromatic heterocycles. The Kier molecular flexibility index (Phi) is 8.74. The van der Waals surface area contributed by atoms with Crippen LogP contribution in [0.3, 0.4) is 0 Å². The van der Waals surface area contributed by atoms with Crippen LogP contribution in [-0.4, -0.2) is 34.6 Å². The molecule has 0 amide bonds. The normalized spacial score (nSPS) is 13.1. The molecule has 1 unspecified atom stereocenters. The second-order valence-corrected chi connectivity index (χ2v) is 8.79. The minimum absolute atomic E-state index is 0.208. The van der Waals surface area contributed by atoms with Crippen molar-refractivity contribution in [2.75, 3.05) is 19.6 Å². The predicted octanol–water partition coefficient (Wildman–Crippen LogP) is 7.51. The lowest BCUT2D eigenvalue weighted by atomic mass is 9.98. The third kappa shape index (κ3) is 6.69. The van der Waals surface area contributed by atoms with Gasteiger partial charge in [-0.3, -0.25) is 0 Å². The van der Waals surface area contributed by atoms with E-state index in [4.69, 9.17) is 11.6 Å². The van der Waals surface area contributed by atoms with Crippen molar-refractivity contribution < 1.29 is 18.3 Å². The maximum Gasteiger partial charge on any atom is 0.416 e. The van der Waals surface area contributed by atoms with Crippen LogP contribution in [0.1, 0.15) is 56.8 Å². The lowest BCUT2D eigenvalue weighted by Gasteiger charge is -2.26. The Balaban J connectivity index is 2.06. The van der Waals surface area contributed by atoms with Crippen LogP contribution in [-0.2, 0) is 6.18 Å². The van der Waals surface area contributed by atoms with E-state index >= 15 is 0 Å². The molecule has 0 spiro atoms. The van der Waals surface area contributed by atoms with Crippen LogP contribution in [0.5, 0.6) is 0 Å². The van der Waals surface area contributed by atoms with Crippen LogP contribution in [0, 0.1) is 0 Å². The number of nitrogens with zero attached hydrogens (tertiary/aromatic N) is 2. The first-order valence-electron chi connectivity index (χ1n) is 11.4. The van der Waals surface area contributed by atoms with Crippen LogP contribution in [0.4, 0.5) is 13.2 Å². The molecule has 0 saturated carbocycles. The highest BCUT2D eigenvalue weighted by molar-refractivity contribution is 6.30. The molecule has 0 fully saturated rings. The Bertz CT molecular complexity index is 1050. The fraction of sp³-hybridized carbons (Fsp3) is 0.423. The molecule has 0 aliphatic heterocycles. The molecule has 7 heteroatoms. The molecule has 1 atom stereocenters. The summed E-state index contributed by atoms with van der Waals surface area (Å²) in [6, 6.07) is 12.3. The topological polar surface area (TPSA) is 36.4 Å². The molecule has 178 valence electrons. The fourth-order valence-electron chi connectivity index (χ4n) is 3.88. The zero-order chi connectivity index (χ0) is 24.0. The number of unbranched alkanes of at least 4 members (excludes halogenated alkanes) is 2. The van der Waals surface area contributed by atoms with Crippen LogP contribution in [0.2, 0.25) is 5.02 Å². The van der Waals surface area contributed by atoms with E-state index in [0.29, 0.717) is 28.2 Å². The second kappa shape index (κ2) is 11.3. The van der Waals surface area contributed by atoms with Crippen molar-refractivity contribution in [3.05, 3.63) is 64.7 Å². The number of halogens is 4. The third-order valence-corrected chi connectivity index (χ3v) is 6.01. The summed E-state index contributed by atoms with van der Waals surface area (Å²) < 4.78 is 40.1. The molecule has 0 aliphatic rings. The maximum absolute atomic E-state index is 13.4. The third-order valence-electron chi connectivity index (χ3n) is 5.76. The summed E-state index contributed by atoms with van der Waals surface area (Å²) in [5.41, 5.74) is 1.25. The van der Waals surface area contributed by atoms with Gasteiger partial charge in [-0.25, -0.2) is 4.98 Å².